The van der Waals surface area contributed by atoms with Gasteiger partial charge in [0, 0.05) is 31.2 Å². The molecular weight excluding hydrogens is 342 g/mol. The van der Waals surface area contributed by atoms with Crippen LogP contribution < -0.4 is 5.73 Å². The minimum absolute atomic E-state index is 0.0594. The molecule has 3 N–H and O–H groups in total. The fourth-order valence-corrected chi connectivity index (χ4v) is 3.91. The van der Waals surface area contributed by atoms with Crippen molar-refractivity contribution in [3.8, 4) is 0 Å². The predicted octanol–water partition coefficient (Wildman–Crippen LogP) is 1.94. The van der Waals surface area contributed by atoms with Gasteiger partial charge in [-0.25, -0.2) is 4.79 Å². The highest BCUT2D eigenvalue weighted by Crippen LogP contribution is 2.34. The first kappa shape index (κ1) is 18.0. The van der Waals surface area contributed by atoms with Crippen molar-refractivity contribution in [3.05, 3.63) is 34.9 Å². The zero-order valence-corrected chi connectivity index (χ0v) is 14.9. The summed E-state index contributed by atoms with van der Waals surface area (Å²) in [5.41, 5.74) is 5.25. The Morgan fingerprint density at radius 1 is 1.12 bits per heavy atom. The van der Waals surface area contributed by atoms with Gasteiger partial charge in [0.1, 0.15) is 0 Å². The molecule has 6 nitrogen and oxygen atoms in total. The van der Waals surface area contributed by atoms with E-state index in [1.807, 2.05) is 12.1 Å². The Labute approximate surface area is 152 Å². The van der Waals surface area contributed by atoms with E-state index < -0.39 is 11.6 Å². The van der Waals surface area contributed by atoms with E-state index >= 15 is 0 Å². The van der Waals surface area contributed by atoms with Gasteiger partial charge in [0.2, 0.25) is 5.91 Å². The quantitative estimate of drug-likeness (QED) is 0.839. The third-order valence-electron chi connectivity index (χ3n) is 5.37. The number of amides is 3. The zero-order valence-electron chi connectivity index (χ0n) is 14.2. The molecule has 1 aromatic carbocycles. The van der Waals surface area contributed by atoms with E-state index in [4.69, 9.17) is 17.3 Å². The Hall–Kier alpha value is -1.79. The van der Waals surface area contributed by atoms with E-state index in [0.717, 1.165) is 18.4 Å². The Morgan fingerprint density at radius 2 is 1.76 bits per heavy atom. The summed E-state index contributed by atoms with van der Waals surface area (Å²) in [7, 11) is 0. The number of nitrogens with zero attached hydrogens (tertiary/aromatic N) is 2. The molecule has 0 radical (unpaired) electrons. The molecule has 0 saturated carbocycles. The smallest absolute Gasteiger partial charge is 0.314 e. The Kier molecular flexibility index (Phi) is 5.20. The predicted molar refractivity (Wildman–Crippen MR) is 95.0 cm³/mol. The Bertz CT molecular complexity index is 641. The molecule has 7 heteroatoms. The molecule has 136 valence electrons. The lowest BCUT2D eigenvalue weighted by atomic mass is 9.84. The minimum Gasteiger partial charge on any atom is -0.385 e. The number of hydrogen-bond acceptors (Lipinski definition) is 3. The lowest BCUT2D eigenvalue weighted by Gasteiger charge is -2.41. The van der Waals surface area contributed by atoms with E-state index in [-0.39, 0.29) is 11.8 Å². The van der Waals surface area contributed by atoms with Crippen LogP contribution in [0.5, 0.6) is 0 Å². The normalized spacial score (nSPS) is 23.4. The van der Waals surface area contributed by atoms with Crippen molar-refractivity contribution in [1.82, 2.24) is 9.80 Å². The third kappa shape index (κ3) is 3.90. The largest absolute Gasteiger partial charge is 0.385 e. The highest BCUT2D eigenvalue weighted by molar-refractivity contribution is 6.30. The molecule has 0 aromatic heterocycles. The summed E-state index contributed by atoms with van der Waals surface area (Å²) in [5, 5.41) is 11.5. The highest BCUT2D eigenvalue weighted by Gasteiger charge is 2.38. The van der Waals surface area contributed by atoms with Crippen LogP contribution in [0.25, 0.3) is 0 Å². The van der Waals surface area contributed by atoms with Gasteiger partial charge < -0.3 is 20.6 Å². The average Bonchev–Trinajstić information content (AvgIpc) is 2.62. The highest BCUT2D eigenvalue weighted by atomic mass is 35.5. The number of carbonyl (C=O) groups excluding carboxylic acids is 2. The number of rotatable bonds is 2. The number of piperidine rings is 2. The number of carbonyl (C=O) groups is 2. The van der Waals surface area contributed by atoms with Crippen LogP contribution in [0.3, 0.4) is 0 Å². The molecule has 2 aliphatic heterocycles. The maximum absolute atomic E-state index is 12.8. The van der Waals surface area contributed by atoms with Crippen LogP contribution in [-0.2, 0) is 10.4 Å². The summed E-state index contributed by atoms with van der Waals surface area (Å²) in [6.07, 6.45) is 2.56. The maximum atomic E-state index is 12.8. The van der Waals surface area contributed by atoms with Gasteiger partial charge in [-0.05, 0) is 43.4 Å². The third-order valence-corrected chi connectivity index (χ3v) is 5.62. The summed E-state index contributed by atoms with van der Waals surface area (Å²) in [5.74, 6) is -0.132. The van der Waals surface area contributed by atoms with Crippen LogP contribution in [0.2, 0.25) is 5.02 Å². The monoisotopic (exact) mass is 365 g/mol. The molecule has 1 atom stereocenters. The first-order chi connectivity index (χ1) is 11.9. The molecule has 2 fully saturated rings. The maximum Gasteiger partial charge on any atom is 0.314 e. The van der Waals surface area contributed by atoms with Gasteiger partial charge in [-0.3, -0.25) is 4.79 Å². The number of halogens is 1. The van der Waals surface area contributed by atoms with Gasteiger partial charge in [-0.1, -0.05) is 23.7 Å². The molecule has 3 amide bonds. The number of benzene rings is 1. The fraction of sp³-hybridized carbons (Fsp3) is 0.556. The van der Waals surface area contributed by atoms with Gasteiger partial charge in [0.05, 0.1) is 11.5 Å². The Morgan fingerprint density at radius 3 is 2.36 bits per heavy atom. The summed E-state index contributed by atoms with van der Waals surface area (Å²) in [4.78, 5) is 27.5. The van der Waals surface area contributed by atoms with Gasteiger partial charge >= 0.3 is 6.03 Å². The molecular formula is C18H24ClN3O3. The lowest BCUT2D eigenvalue weighted by molar-refractivity contribution is -0.141. The number of likely N-dealkylation sites (tertiary alicyclic amines) is 2. The van der Waals surface area contributed by atoms with Crippen LogP contribution in [-0.4, -0.2) is 53.0 Å². The van der Waals surface area contributed by atoms with Crippen molar-refractivity contribution in [3.63, 3.8) is 0 Å². The second kappa shape index (κ2) is 7.22. The molecule has 1 aromatic rings. The van der Waals surface area contributed by atoms with Crippen LogP contribution in [0.4, 0.5) is 4.79 Å². The summed E-state index contributed by atoms with van der Waals surface area (Å²) in [6.45, 7) is 2.03. The number of urea groups is 1. The van der Waals surface area contributed by atoms with E-state index in [9.17, 15) is 14.7 Å². The van der Waals surface area contributed by atoms with Crippen molar-refractivity contribution < 1.29 is 14.7 Å². The van der Waals surface area contributed by atoms with E-state index in [0.29, 0.717) is 44.0 Å². The van der Waals surface area contributed by atoms with Crippen molar-refractivity contribution in [2.75, 3.05) is 26.2 Å². The molecule has 2 saturated heterocycles. The second-order valence-corrected chi connectivity index (χ2v) is 7.42. The molecule has 25 heavy (non-hydrogen) atoms. The molecule has 2 heterocycles. The van der Waals surface area contributed by atoms with E-state index in [2.05, 4.69) is 0 Å². The molecule has 0 spiro atoms. The zero-order chi connectivity index (χ0) is 18.0. The van der Waals surface area contributed by atoms with Crippen molar-refractivity contribution in [1.29, 1.82) is 0 Å². The second-order valence-electron chi connectivity index (χ2n) is 6.99. The van der Waals surface area contributed by atoms with Gasteiger partial charge in [-0.2, -0.15) is 0 Å². The molecule has 0 aliphatic carbocycles. The van der Waals surface area contributed by atoms with Gasteiger partial charge in [0.15, 0.2) is 0 Å². The molecule has 3 rings (SSSR count). The topological polar surface area (TPSA) is 86.9 Å². The fourth-order valence-electron chi connectivity index (χ4n) is 3.78. The number of hydrogen-bond donors (Lipinski definition) is 2. The lowest BCUT2D eigenvalue weighted by Crippen LogP contribution is -2.51. The average molecular weight is 366 g/mol. The van der Waals surface area contributed by atoms with Crippen LogP contribution >= 0.6 is 11.6 Å². The SMILES string of the molecule is NC(=O)N1CCCC(C(=O)N2CCC(O)(c3ccc(Cl)cc3)CC2)C1. The number of aliphatic hydroxyl groups is 1. The van der Waals surface area contributed by atoms with E-state index in [1.165, 1.54) is 0 Å². The number of primary amides is 1. The van der Waals surface area contributed by atoms with Crippen molar-refractivity contribution in [2.24, 2.45) is 11.7 Å². The first-order valence-corrected chi connectivity index (χ1v) is 9.08. The number of nitrogens with two attached hydrogens (primary N) is 1. The summed E-state index contributed by atoms with van der Waals surface area (Å²) < 4.78 is 0. The molecule has 1 unspecified atom stereocenters. The first-order valence-electron chi connectivity index (χ1n) is 8.71. The minimum atomic E-state index is -0.923. The van der Waals surface area contributed by atoms with Gasteiger partial charge in [-0.15, -0.1) is 0 Å². The standard InChI is InChI=1S/C18H24ClN3O3/c19-15-5-3-14(4-6-15)18(25)7-10-21(11-8-18)16(23)13-2-1-9-22(12-13)17(20)24/h3-6,13,25H,1-2,7-12H2,(H2,20,24). The summed E-state index contributed by atoms with van der Waals surface area (Å²) >= 11 is 5.91. The van der Waals surface area contributed by atoms with Crippen LogP contribution in [0, 0.1) is 5.92 Å². The molecule has 2 aliphatic rings. The van der Waals surface area contributed by atoms with Crippen molar-refractivity contribution in [2.45, 2.75) is 31.3 Å². The van der Waals surface area contributed by atoms with Crippen LogP contribution in [0.15, 0.2) is 24.3 Å². The van der Waals surface area contributed by atoms with Crippen LogP contribution in [0.1, 0.15) is 31.2 Å². The molecule has 0 bridgehead atoms. The Balaban J connectivity index is 1.60. The van der Waals surface area contributed by atoms with Gasteiger partial charge in [0.25, 0.3) is 0 Å². The summed E-state index contributed by atoms with van der Waals surface area (Å²) in [6, 6.07) is 6.75. The van der Waals surface area contributed by atoms with Crippen molar-refractivity contribution >= 4 is 23.5 Å². The van der Waals surface area contributed by atoms with E-state index in [1.54, 1.807) is 21.9 Å².